The first kappa shape index (κ1) is 25.8. The second-order valence-corrected chi connectivity index (χ2v) is 11.9. The summed E-state index contributed by atoms with van der Waals surface area (Å²) >= 11 is 0. The van der Waals surface area contributed by atoms with Crippen molar-refractivity contribution < 1.29 is 17.9 Å². The lowest BCUT2D eigenvalue weighted by atomic mass is 9.94. The van der Waals surface area contributed by atoms with Gasteiger partial charge in [0.1, 0.15) is 5.82 Å². The number of fused-ring (bicyclic) bond motifs is 1. The number of methoxy groups -OCH3 is 1. The van der Waals surface area contributed by atoms with E-state index in [1.54, 1.807) is 37.4 Å². The molecule has 2 aliphatic rings. The van der Waals surface area contributed by atoms with Crippen LogP contribution in [0.4, 0.5) is 0 Å². The van der Waals surface area contributed by atoms with Crippen molar-refractivity contribution in [3.63, 3.8) is 0 Å². The van der Waals surface area contributed by atoms with Crippen LogP contribution < -0.4 is 5.73 Å². The first-order chi connectivity index (χ1) is 17.9. The number of benzene rings is 2. The Morgan fingerprint density at radius 2 is 1.84 bits per heavy atom. The summed E-state index contributed by atoms with van der Waals surface area (Å²) in [7, 11) is -1.99. The molecule has 10 heteroatoms. The number of imidazole rings is 1. The summed E-state index contributed by atoms with van der Waals surface area (Å²) in [4.78, 5) is 20.7. The van der Waals surface area contributed by atoms with Crippen LogP contribution in [-0.4, -0.2) is 79.0 Å². The summed E-state index contributed by atoms with van der Waals surface area (Å²) in [5.41, 5.74) is 8.41. The number of sulfonamides is 1. The molecule has 0 saturated carbocycles. The van der Waals surface area contributed by atoms with E-state index < -0.39 is 22.0 Å². The number of rotatable bonds is 8. The van der Waals surface area contributed by atoms with E-state index in [0.717, 1.165) is 42.7 Å². The normalized spacial score (nSPS) is 23.1. The molecule has 2 fully saturated rings. The fourth-order valence-electron chi connectivity index (χ4n) is 5.62. The molecule has 0 radical (unpaired) electrons. The minimum atomic E-state index is -3.70. The van der Waals surface area contributed by atoms with Gasteiger partial charge in [0.05, 0.1) is 21.8 Å². The number of hydrogen-bond donors (Lipinski definition) is 1. The van der Waals surface area contributed by atoms with Crippen LogP contribution in [0.15, 0.2) is 59.5 Å². The summed E-state index contributed by atoms with van der Waals surface area (Å²) in [5, 5.41) is 0. The molecule has 1 aromatic heterocycles. The molecule has 0 spiro atoms. The van der Waals surface area contributed by atoms with E-state index in [0.29, 0.717) is 19.7 Å². The Bertz CT molecular complexity index is 1340. The lowest BCUT2D eigenvalue weighted by Gasteiger charge is -2.35. The highest BCUT2D eigenvalue weighted by Gasteiger charge is 2.43. The fraction of sp³-hybridized carbons (Fsp3) is 0.481. The predicted octanol–water partition coefficient (Wildman–Crippen LogP) is 2.43. The zero-order valence-electron chi connectivity index (χ0n) is 21.2. The fourth-order valence-corrected chi connectivity index (χ4v) is 7.15. The highest BCUT2D eigenvalue weighted by Crippen LogP contribution is 2.32. The molecule has 2 aromatic carbocycles. The number of aryl methyl sites for hydroxylation is 1. The lowest BCUT2D eigenvalue weighted by molar-refractivity contribution is -0.136. The van der Waals surface area contributed by atoms with E-state index in [1.807, 2.05) is 23.1 Å². The summed E-state index contributed by atoms with van der Waals surface area (Å²) in [6, 6.07) is 15.9. The van der Waals surface area contributed by atoms with Crippen LogP contribution in [0.3, 0.4) is 0 Å². The maximum Gasteiger partial charge on any atom is 0.243 e. The van der Waals surface area contributed by atoms with Crippen LogP contribution in [-0.2, 0) is 26.1 Å². The zero-order chi connectivity index (χ0) is 26.0. The van der Waals surface area contributed by atoms with E-state index in [2.05, 4.69) is 10.6 Å². The largest absolute Gasteiger partial charge is 0.385 e. The number of carbonyl (C=O) groups is 1. The number of nitrogens with two attached hydrogens (primary N) is 1. The van der Waals surface area contributed by atoms with Crippen molar-refractivity contribution in [3.8, 4) is 0 Å². The number of nitrogens with zero attached hydrogens (tertiary/aromatic N) is 4. The molecule has 2 N–H and O–H groups in total. The van der Waals surface area contributed by atoms with Crippen molar-refractivity contribution in [2.45, 2.75) is 42.7 Å². The van der Waals surface area contributed by atoms with Gasteiger partial charge in [-0.1, -0.05) is 30.3 Å². The Balaban J connectivity index is 1.33. The SMILES string of the molecule is COCCCn1c([C@@H]2CCCN(C(=O)C3CN(S(=O)(=O)c4ccccc4)C[C@H]3N)C2)nc2ccccc21. The third-order valence-corrected chi connectivity index (χ3v) is 9.39. The summed E-state index contributed by atoms with van der Waals surface area (Å²) in [6.45, 7) is 2.92. The Labute approximate surface area is 218 Å². The molecular weight excluding hydrogens is 490 g/mol. The predicted molar refractivity (Wildman–Crippen MR) is 141 cm³/mol. The second kappa shape index (κ2) is 10.9. The number of carbonyl (C=O) groups excluding carboxylic acids is 1. The maximum absolute atomic E-state index is 13.6. The lowest BCUT2D eigenvalue weighted by Crippen LogP contribution is -2.47. The van der Waals surface area contributed by atoms with E-state index >= 15 is 0 Å². The van der Waals surface area contributed by atoms with E-state index in [4.69, 9.17) is 15.5 Å². The molecule has 37 heavy (non-hydrogen) atoms. The van der Waals surface area contributed by atoms with Gasteiger partial charge in [0, 0.05) is 58.4 Å². The van der Waals surface area contributed by atoms with Crippen LogP contribution in [0.25, 0.3) is 11.0 Å². The van der Waals surface area contributed by atoms with Gasteiger partial charge in [-0.25, -0.2) is 13.4 Å². The third kappa shape index (κ3) is 5.16. The van der Waals surface area contributed by atoms with Gasteiger partial charge in [0.25, 0.3) is 0 Å². The first-order valence-electron chi connectivity index (χ1n) is 12.9. The summed E-state index contributed by atoms with van der Waals surface area (Å²) in [6.07, 6.45) is 2.69. The Hall–Kier alpha value is -2.79. The van der Waals surface area contributed by atoms with Crippen LogP contribution in [0.2, 0.25) is 0 Å². The second-order valence-electron chi connectivity index (χ2n) is 9.99. The summed E-state index contributed by atoms with van der Waals surface area (Å²) < 4.78 is 35.1. The van der Waals surface area contributed by atoms with Gasteiger partial charge < -0.3 is 19.9 Å². The highest BCUT2D eigenvalue weighted by atomic mass is 32.2. The average Bonchev–Trinajstić information content (AvgIpc) is 3.50. The monoisotopic (exact) mass is 525 g/mol. The number of amides is 1. The molecular formula is C27H35N5O4S. The van der Waals surface area contributed by atoms with Gasteiger partial charge in [0.15, 0.2) is 0 Å². The number of likely N-dealkylation sites (tertiary alicyclic amines) is 1. The van der Waals surface area contributed by atoms with Gasteiger partial charge in [-0.2, -0.15) is 4.31 Å². The topological polar surface area (TPSA) is 111 Å². The average molecular weight is 526 g/mol. The highest BCUT2D eigenvalue weighted by molar-refractivity contribution is 7.89. The molecule has 198 valence electrons. The van der Waals surface area contributed by atoms with Crippen molar-refractivity contribution in [1.82, 2.24) is 18.8 Å². The molecule has 2 aliphatic heterocycles. The third-order valence-electron chi connectivity index (χ3n) is 7.54. The van der Waals surface area contributed by atoms with Gasteiger partial charge in [0.2, 0.25) is 15.9 Å². The Morgan fingerprint density at radius 1 is 1.08 bits per heavy atom. The van der Waals surface area contributed by atoms with Crippen molar-refractivity contribution in [2.75, 3.05) is 39.9 Å². The molecule has 0 aliphatic carbocycles. The molecule has 3 atom stereocenters. The van der Waals surface area contributed by atoms with Crippen LogP contribution in [0.5, 0.6) is 0 Å². The van der Waals surface area contributed by atoms with Gasteiger partial charge in [-0.15, -0.1) is 0 Å². The maximum atomic E-state index is 13.6. The van der Waals surface area contributed by atoms with E-state index in [1.165, 1.54) is 4.31 Å². The Kier molecular flexibility index (Phi) is 7.62. The first-order valence-corrected chi connectivity index (χ1v) is 14.4. The number of aromatic nitrogens is 2. The van der Waals surface area contributed by atoms with Crippen molar-refractivity contribution in [2.24, 2.45) is 11.7 Å². The molecule has 3 aromatic rings. The van der Waals surface area contributed by atoms with Gasteiger partial charge in [-0.3, -0.25) is 4.79 Å². The molecule has 3 heterocycles. The quantitative estimate of drug-likeness (QED) is 0.452. The van der Waals surface area contributed by atoms with Gasteiger partial charge >= 0.3 is 0 Å². The molecule has 9 nitrogen and oxygen atoms in total. The van der Waals surface area contributed by atoms with Crippen LogP contribution in [0.1, 0.15) is 31.0 Å². The molecule has 5 rings (SSSR count). The zero-order valence-corrected chi connectivity index (χ0v) is 22.0. The Morgan fingerprint density at radius 3 is 2.62 bits per heavy atom. The molecule has 1 unspecified atom stereocenters. The minimum absolute atomic E-state index is 0.0648. The van der Waals surface area contributed by atoms with Crippen molar-refractivity contribution in [3.05, 3.63) is 60.4 Å². The number of hydrogen-bond acceptors (Lipinski definition) is 6. The molecule has 0 bridgehead atoms. The number of piperidine rings is 1. The standard InChI is InChI=1S/C27H35N5O4S/c1-36-16-8-15-32-25-13-6-5-12-24(25)29-26(32)20-9-7-14-30(17-20)27(33)22-18-31(19-23(22)28)37(34,35)21-10-3-2-4-11-21/h2-6,10-13,20,22-23H,7-9,14-19,28H2,1H3/t20-,22?,23-/m1/s1. The smallest absolute Gasteiger partial charge is 0.243 e. The molecule has 1 amide bonds. The van der Waals surface area contributed by atoms with E-state index in [9.17, 15) is 13.2 Å². The van der Waals surface area contributed by atoms with Crippen LogP contribution in [0, 0.1) is 5.92 Å². The van der Waals surface area contributed by atoms with E-state index in [-0.39, 0.29) is 29.8 Å². The van der Waals surface area contributed by atoms with Gasteiger partial charge in [-0.05, 0) is 43.5 Å². The van der Waals surface area contributed by atoms with Crippen molar-refractivity contribution >= 4 is 27.0 Å². The van der Waals surface area contributed by atoms with Crippen molar-refractivity contribution in [1.29, 1.82) is 0 Å². The summed E-state index contributed by atoms with van der Waals surface area (Å²) in [5.74, 6) is 0.482. The number of ether oxygens (including phenoxy) is 1. The van der Waals surface area contributed by atoms with Crippen LogP contribution >= 0.6 is 0 Å². The molecule has 2 saturated heterocycles. The number of para-hydroxylation sites is 2. The minimum Gasteiger partial charge on any atom is -0.385 e.